The highest BCUT2D eigenvalue weighted by Crippen LogP contribution is 2.25. The van der Waals surface area contributed by atoms with Gasteiger partial charge in [0, 0.05) is 44.1 Å². The lowest BCUT2D eigenvalue weighted by Gasteiger charge is -2.36. The fourth-order valence-electron chi connectivity index (χ4n) is 3.21. The molecular formula is C18H18FN5O2. The molecule has 26 heavy (non-hydrogen) atoms. The molecule has 1 amide bonds. The van der Waals surface area contributed by atoms with E-state index >= 15 is 0 Å². The number of ether oxygens (including phenoxy) is 1. The highest BCUT2D eigenvalue weighted by atomic mass is 19.1. The van der Waals surface area contributed by atoms with Crippen LogP contribution in [0.2, 0.25) is 0 Å². The van der Waals surface area contributed by atoms with Gasteiger partial charge in [0.05, 0.1) is 12.5 Å². The van der Waals surface area contributed by atoms with E-state index in [9.17, 15) is 9.18 Å². The number of aromatic amines is 1. The van der Waals surface area contributed by atoms with E-state index in [-0.39, 0.29) is 17.5 Å². The van der Waals surface area contributed by atoms with Crippen molar-refractivity contribution >= 4 is 22.6 Å². The average molecular weight is 355 g/mol. The van der Waals surface area contributed by atoms with Gasteiger partial charge in [0.1, 0.15) is 17.7 Å². The van der Waals surface area contributed by atoms with Crippen molar-refractivity contribution in [1.29, 1.82) is 0 Å². The van der Waals surface area contributed by atoms with Crippen molar-refractivity contribution in [2.45, 2.75) is 0 Å². The van der Waals surface area contributed by atoms with E-state index < -0.39 is 0 Å². The van der Waals surface area contributed by atoms with E-state index in [1.54, 1.807) is 23.2 Å². The Bertz CT molecular complexity index is 950. The summed E-state index contributed by atoms with van der Waals surface area (Å²) < 4.78 is 18.6. The molecule has 0 unspecified atom stereocenters. The molecule has 0 atom stereocenters. The summed E-state index contributed by atoms with van der Waals surface area (Å²) in [7, 11) is 1.45. The van der Waals surface area contributed by atoms with E-state index in [1.807, 2.05) is 6.07 Å². The number of fused-ring (bicyclic) bond motifs is 1. The maximum atomic E-state index is 13.6. The first-order valence-corrected chi connectivity index (χ1v) is 8.33. The van der Waals surface area contributed by atoms with Crippen molar-refractivity contribution in [1.82, 2.24) is 19.9 Å². The first kappa shape index (κ1) is 16.3. The second-order valence-corrected chi connectivity index (χ2v) is 6.06. The number of hydrogen-bond donors (Lipinski definition) is 1. The second kappa shape index (κ2) is 6.62. The zero-order valence-electron chi connectivity index (χ0n) is 14.3. The lowest BCUT2D eigenvalue weighted by molar-refractivity contribution is 0.0743. The Morgan fingerprint density at radius 2 is 2.00 bits per heavy atom. The predicted octanol–water partition coefficient (Wildman–Crippen LogP) is 2.07. The monoisotopic (exact) mass is 355 g/mol. The minimum absolute atomic E-state index is 0.103. The molecule has 1 saturated heterocycles. The van der Waals surface area contributed by atoms with E-state index in [0.29, 0.717) is 37.5 Å². The number of nitrogens with zero attached hydrogens (tertiary/aromatic N) is 4. The van der Waals surface area contributed by atoms with Gasteiger partial charge in [-0.1, -0.05) is 0 Å². The number of amides is 1. The zero-order chi connectivity index (χ0) is 18.1. The van der Waals surface area contributed by atoms with Gasteiger partial charge in [-0.2, -0.15) is 0 Å². The summed E-state index contributed by atoms with van der Waals surface area (Å²) in [4.78, 5) is 28.0. The normalized spacial score (nSPS) is 14.7. The van der Waals surface area contributed by atoms with Gasteiger partial charge in [-0.25, -0.2) is 14.4 Å². The Balaban J connectivity index is 1.48. The van der Waals surface area contributed by atoms with Crippen LogP contribution < -0.4 is 9.64 Å². The van der Waals surface area contributed by atoms with Gasteiger partial charge < -0.3 is 19.5 Å². The number of benzene rings is 1. The number of carbonyl (C=O) groups excluding carboxylic acids is 1. The number of piperazine rings is 1. The lowest BCUT2D eigenvalue weighted by Crippen LogP contribution is -2.49. The Hall–Kier alpha value is -3.16. The SMILES string of the molecule is COc1cc(N2CCN(C(=O)c3ncnc4[nH]ccc34)CC2)ccc1F. The molecule has 3 heterocycles. The molecule has 1 fully saturated rings. The second-order valence-electron chi connectivity index (χ2n) is 6.06. The van der Waals surface area contributed by atoms with Gasteiger partial charge in [0.15, 0.2) is 11.6 Å². The number of aromatic nitrogens is 3. The molecule has 0 aliphatic carbocycles. The number of methoxy groups -OCH3 is 1. The molecule has 0 radical (unpaired) electrons. The third-order valence-electron chi connectivity index (χ3n) is 4.62. The smallest absolute Gasteiger partial charge is 0.273 e. The van der Waals surface area contributed by atoms with Gasteiger partial charge in [-0.3, -0.25) is 4.79 Å². The van der Waals surface area contributed by atoms with Crippen LogP contribution in [-0.4, -0.2) is 59.0 Å². The highest BCUT2D eigenvalue weighted by Gasteiger charge is 2.25. The first-order valence-electron chi connectivity index (χ1n) is 8.33. The predicted molar refractivity (Wildman–Crippen MR) is 95.0 cm³/mol. The van der Waals surface area contributed by atoms with E-state index in [4.69, 9.17) is 4.74 Å². The highest BCUT2D eigenvalue weighted by molar-refractivity contribution is 6.03. The Morgan fingerprint density at radius 3 is 2.77 bits per heavy atom. The Morgan fingerprint density at radius 1 is 1.19 bits per heavy atom. The van der Waals surface area contributed by atoms with Gasteiger partial charge in [-0.05, 0) is 18.2 Å². The van der Waals surface area contributed by atoms with Crippen LogP contribution in [-0.2, 0) is 0 Å². The van der Waals surface area contributed by atoms with Gasteiger partial charge in [-0.15, -0.1) is 0 Å². The van der Waals surface area contributed by atoms with Crippen LogP contribution in [0.5, 0.6) is 5.75 Å². The fraction of sp³-hybridized carbons (Fsp3) is 0.278. The van der Waals surface area contributed by atoms with Crippen LogP contribution in [0.1, 0.15) is 10.5 Å². The molecule has 2 aromatic heterocycles. The summed E-state index contributed by atoms with van der Waals surface area (Å²) in [5, 5.41) is 0.725. The average Bonchev–Trinajstić information content (AvgIpc) is 3.17. The minimum atomic E-state index is -0.385. The van der Waals surface area contributed by atoms with Crippen molar-refractivity contribution in [2.24, 2.45) is 0 Å². The molecule has 3 aromatic rings. The topological polar surface area (TPSA) is 74.3 Å². The third kappa shape index (κ3) is 2.83. The maximum Gasteiger partial charge on any atom is 0.273 e. The number of carbonyl (C=O) groups is 1. The minimum Gasteiger partial charge on any atom is -0.494 e. The number of anilines is 1. The molecule has 7 nitrogen and oxygen atoms in total. The van der Waals surface area contributed by atoms with Crippen LogP contribution >= 0.6 is 0 Å². The molecule has 1 aliphatic rings. The van der Waals surface area contributed by atoms with E-state index in [2.05, 4.69) is 19.9 Å². The van der Waals surface area contributed by atoms with Crippen molar-refractivity contribution in [3.05, 3.63) is 48.3 Å². The molecule has 0 bridgehead atoms. The van der Waals surface area contributed by atoms with Gasteiger partial charge >= 0.3 is 0 Å². The Kier molecular flexibility index (Phi) is 4.16. The molecular weight excluding hydrogens is 337 g/mol. The summed E-state index contributed by atoms with van der Waals surface area (Å²) in [5.74, 6) is -0.269. The molecule has 1 aromatic carbocycles. The first-order chi connectivity index (χ1) is 12.7. The van der Waals surface area contributed by atoms with Crippen LogP contribution in [0, 0.1) is 5.82 Å². The zero-order valence-corrected chi connectivity index (χ0v) is 14.3. The summed E-state index contributed by atoms with van der Waals surface area (Å²) in [6, 6.07) is 6.61. The summed E-state index contributed by atoms with van der Waals surface area (Å²) in [6.07, 6.45) is 3.14. The van der Waals surface area contributed by atoms with Crippen LogP contribution in [0.3, 0.4) is 0 Å². The van der Waals surface area contributed by atoms with Crippen molar-refractivity contribution in [3.63, 3.8) is 0 Å². The van der Waals surface area contributed by atoms with Crippen LogP contribution in [0.15, 0.2) is 36.8 Å². The summed E-state index contributed by atoms with van der Waals surface area (Å²) >= 11 is 0. The van der Waals surface area contributed by atoms with E-state index in [0.717, 1.165) is 11.1 Å². The molecule has 0 saturated carbocycles. The van der Waals surface area contributed by atoms with E-state index in [1.165, 1.54) is 19.5 Å². The summed E-state index contributed by atoms with van der Waals surface area (Å²) in [6.45, 7) is 2.44. The third-order valence-corrected chi connectivity index (χ3v) is 4.62. The Labute approximate surface area is 149 Å². The number of H-pyrrole nitrogens is 1. The molecule has 134 valence electrons. The van der Waals surface area contributed by atoms with Crippen molar-refractivity contribution in [2.75, 3.05) is 38.2 Å². The van der Waals surface area contributed by atoms with Crippen molar-refractivity contribution in [3.8, 4) is 5.75 Å². The van der Waals surface area contributed by atoms with Crippen molar-refractivity contribution < 1.29 is 13.9 Å². The van der Waals surface area contributed by atoms with Gasteiger partial charge in [0.25, 0.3) is 5.91 Å². The fourth-order valence-corrected chi connectivity index (χ4v) is 3.21. The standard InChI is InChI=1S/C18H18FN5O2/c1-26-15-10-12(2-3-14(15)19)23-6-8-24(9-7-23)18(25)16-13-4-5-20-17(13)22-11-21-16/h2-5,10-11H,6-9H2,1H3,(H,20,21,22). The number of rotatable bonds is 3. The molecule has 1 N–H and O–H groups in total. The number of nitrogens with one attached hydrogen (secondary N) is 1. The van der Waals surface area contributed by atoms with Crippen LogP contribution in [0.4, 0.5) is 10.1 Å². The van der Waals surface area contributed by atoms with Crippen LogP contribution in [0.25, 0.3) is 11.0 Å². The summed E-state index contributed by atoms with van der Waals surface area (Å²) in [5.41, 5.74) is 1.94. The molecule has 0 spiro atoms. The quantitative estimate of drug-likeness (QED) is 0.779. The number of hydrogen-bond acceptors (Lipinski definition) is 5. The number of halogens is 1. The molecule has 4 rings (SSSR count). The lowest BCUT2D eigenvalue weighted by atomic mass is 10.2. The maximum absolute atomic E-state index is 13.6. The molecule has 1 aliphatic heterocycles. The molecule has 8 heteroatoms. The largest absolute Gasteiger partial charge is 0.494 e. The van der Waals surface area contributed by atoms with Gasteiger partial charge in [0.2, 0.25) is 0 Å².